The fourth-order valence-corrected chi connectivity index (χ4v) is 9.52. The van der Waals surface area contributed by atoms with Crippen LogP contribution in [0.1, 0.15) is 130 Å². The number of ether oxygens (including phenoxy) is 3. The first-order valence-electron chi connectivity index (χ1n) is 22.9. The van der Waals surface area contributed by atoms with Crippen LogP contribution in [0.4, 0.5) is 4.79 Å². The van der Waals surface area contributed by atoms with Gasteiger partial charge in [-0.25, -0.2) is 4.79 Å². The van der Waals surface area contributed by atoms with Crippen LogP contribution in [0.25, 0.3) is 16.0 Å². The number of alkyl carbamates (subject to hydrolysis) is 1. The fourth-order valence-electron chi connectivity index (χ4n) is 7.97. The number of esters is 1. The number of rotatable bonds is 5. The Morgan fingerprint density at radius 2 is 1.16 bits per heavy atom. The van der Waals surface area contributed by atoms with E-state index in [4.69, 9.17) is 47.6 Å². The monoisotopic (exact) mass is 1180 g/mol. The second-order valence-electron chi connectivity index (χ2n) is 18.5. The maximum atomic E-state index is 11.6. The average molecular weight is 1190 g/mol. The third-order valence-electron chi connectivity index (χ3n) is 12.0. The molecule has 6 fully saturated rings. The average Bonchev–Trinajstić information content (AvgIpc) is 3.95. The number of carbonyl (C=O) groups is 6. The van der Waals surface area contributed by atoms with Gasteiger partial charge < -0.3 is 74.4 Å². The number of hydrogen-bond donors (Lipinski definition) is 9. The molecule has 25 heteroatoms. The van der Waals surface area contributed by atoms with Gasteiger partial charge in [0.25, 0.3) is 0 Å². The molecule has 2 saturated heterocycles. The summed E-state index contributed by atoms with van der Waals surface area (Å²) >= 11 is 10.1. The van der Waals surface area contributed by atoms with Crippen LogP contribution in [-0.2, 0) is 38.2 Å². The standard InChI is InChI=1S/C12H22N2O4.2C7H12BrNO2.C7H9BrO2.C7H10O2.C4H8O.N3.H3N.Na/c1-12(2,3)18-11(17)14-8-5-4-7(10(13)16)6-9(8)15;2*8-5-2-1-4(7(9)11)3-6(5)10;8-5-2-1-4-3-6(5)10-7(4)9;8-7(9)6-4-2-1-3-5-6;1-2-4-5-3-1;1-3-2;;/h7-9,15H,4-6H2,1-3H3,(H2,13,16)(H,14,17);2*4-6,10H,1-3H2,(H2,9,11);4-6H,1-3H2;1-2,6H,3-5H2,(H,8,9);1-4H2;;1H3;/q;;;;;;-1;;+1/t7-,8-,9-;4-,5+,6-;4-,5-,6-;4-,5+,6-;;;;;/m1111...../s1. The molecule has 5 aliphatic carbocycles. The summed E-state index contributed by atoms with van der Waals surface area (Å²) in [5.41, 5.74) is 28.3. The van der Waals surface area contributed by atoms with Crippen LogP contribution in [0.3, 0.4) is 0 Å². The first kappa shape index (κ1) is 69.0. The Balaban J connectivity index is 0. The Morgan fingerprint density at radius 3 is 1.49 bits per heavy atom. The van der Waals surface area contributed by atoms with Crippen LogP contribution >= 0.6 is 47.8 Å². The normalized spacial score (nSPS) is 31.6. The van der Waals surface area contributed by atoms with E-state index in [0.717, 1.165) is 77.4 Å². The van der Waals surface area contributed by atoms with E-state index >= 15 is 0 Å². The van der Waals surface area contributed by atoms with E-state index in [0.29, 0.717) is 30.5 Å². The van der Waals surface area contributed by atoms with Crippen molar-refractivity contribution >= 4 is 83.5 Å². The zero-order valence-corrected chi connectivity index (χ0v) is 47.2. The smallest absolute Gasteiger partial charge is 0.481 e. The maximum Gasteiger partial charge on any atom is 1.00 e. The van der Waals surface area contributed by atoms with Gasteiger partial charge in [0.15, 0.2) is 0 Å². The third-order valence-corrected chi connectivity index (χ3v) is 15.1. The van der Waals surface area contributed by atoms with Crippen molar-refractivity contribution in [1.82, 2.24) is 11.5 Å². The fraction of sp³-hybridized carbons (Fsp3) is 0.818. The van der Waals surface area contributed by atoms with E-state index in [1.807, 2.05) is 12.2 Å². The van der Waals surface area contributed by atoms with Crippen molar-refractivity contribution in [3.8, 4) is 0 Å². The number of carboxylic acids is 1. The molecule has 2 bridgehead atoms. The molecule has 7 aliphatic rings. The summed E-state index contributed by atoms with van der Waals surface area (Å²) in [6, 6.07) is -0.379. The van der Waals surface area contributed by atoms with E-state index in [-0.39, 0.29) is 111 Å². The summed E-state index contributed by atoms with van der Waals surface area (Å²) in [6.45, 7) is 7.31. The van der Waals surface area contributed by atoms with Crippen LogP contribution in [0.5, 0.6) is 0 Å². The third kappa shape index (κ3) is 29.3. The van der Waals surface area contributed by atoms with Gasteiger partial charge in [0.05, 0.1) is 41.0 Å². The molecule has 13 atom stereocenters. The minimum absolute atomic E-state index is 0. The molecule has 0 spiro atoms. The summed E-state index contributed by atoms with van der Waals surface area (Å²) in [6.07, 6.45) is 15.7. The number of carboxylic acid groups (broad SMARTS) is 1. The molecule has 2 heterocycles. The number of alkyl halides is 3. The largest absolute Gasteiger partial charge is 1.00 e. The van der Waals surface area contributed by atoms with E-state index in [1.165, 1.54) is 17.8 Å². The molecule has 4 amide bonds. The maximum absolute atomic E-state index is 11.6. The van der Waals surface area contributed by atoms with E-state index in [2.05, 4.69) is 53.1 Å². The summed E-state index contributed by atoms with van der Waals surface area (Å²) in [7, 11) is 0. The van der Waals surface area contributed by atoms with Crippen LogP contribution in [0.2, 0.25) is 0 Å². The van der Waals surface area contributed by atoms with Crippen LogP contribution < -0.4 is 58.2 Å². The molecule has 0 radical (unpaired) electrons. The van der Waals surface area contributed by atoms with Gasteiger partial charge in [-0.1, -0.05) is 59.9 Å². The number of nitrogens with zero attached hydrogens (tertiary/aromatic N) is 3. The number of hydrogen-bond acceptors (Lipinski definition) is 13. The molecule has 0 aromatic heterocycles. The molecule has 14 N–H and O–H groups in total. The summed E-state index contributed by atoms with van der Waals surface area (Å²) in [5, 5.41) is 39.7. The van der Waals surface area contributed by atoms with Crippen molar-refractivity contribution in [3.63, 3.8) is 0 Å². The predicted molar refractivity (Wildman–Crippen MR) is 265 cm³/mol. The molecular weight excluding hydrogens is 1110 g/mol. The van der Waals surface area contributed by atoms with Crippen LogP contribution in [0.15, 0.2) is 12.2 Å². The summed E-state index contributed by atoms with van der Waals surface area (Å²) in [4.78, 5) is 67.4. The Bertz CT molecular complexity index is 1580. The van der Waals surface area contributed by atoms with Crippen molar-refractivity contribution in [3.05, 3.63) is 28.1 Å². The molecule has 69 heavy (non-hydrogen) atoms. The molecule has 0 aromatic rings. The second-order valence-corrected chi connectivity index (χ2v) is 22.0. The number of fused-ring (bicyclic) bond motifs is 2. The van der Waals surface area contributed by atoms with Crippen LogP contribution in [0, 0.1) is 29.6 Å². The number of halogens is 3. The Hall–Kier alpha value is -2.09. The predicted octanol–water partition coefficient (Wildman–Crippen LogP) is 3.05. The number of amides is 4. The zero-order valence-electron chi connectivity index (χ0n) is 40.5. The van der Waals surface area contributed by atoms with Crippen molar-refractivity contribution in [1.29, 1.82) is 0 Å². The summed E-state index contributed by atoms with van der Waals surface area (Å²) in [5.74, 6) is -2.06. The van der Waals surface area contributed by atoms with Crippen molar-refractivity contribution < 1.29 is 93.0 Å². The molecule has 4 saturated carbocycles. The van der Waals surface area contributed by atoms with Gasteiger partial charge in [0.1, 0.15) is 11.7 Å². The minimum Gasteiger partial charge on any atom is -0.481 e. The first-order valence-corrected chi connectivity index (χ1v) is 25.6. The Morgan fingerprint density at radius 1 is 0.710 bits per heavy atom. The number of nitrogens with one attached hydrogen (secondary N) is 1. The van der Waals surface area contributed by atoms with Gasteiger partial charge in [-0.2, -0.15) is 0 Å². The van der Waals surface area contributed by atoms with Crippen molar-refractivity contribution in [2.75, 3.05) is 13.2 Å². The number of allylic oxidation sites excluding steroid dienone is 2. The molecule has 7 rings (SSSR count). The number of aliphatic hydroxyl groups excluding tert-OH is 3. The van der Waals surface area contributed by atoms with Gasteiger partial charge in [-0.05, 0) is 130 Å². The Labute approximate surface area is 453 Å². The van der Waals surface area contributed by atoms with Gasteiger partial charge in [-0.3, -0.25) is 28.9 Å². The van der Waals surface area contributed by atoms with Crippen LogP contribution in [-0.4, -0.2) is 120 Å². The number of carbonyl (C=O) groups excluding carboxylic acids is 5. The Kier molecular flexibility index (Phi) is 36.8. The van der Waals surface area contributed by atoms with Crippen molar-refractivity contribution in [2.45, 2.75) is 180 Å². The molecule has 2 aliphatic heterocycles. The van der Waals surface area contributed by atoms with E-state index in [9.17, 15) is 44.1 Å². The van der Waals surface area contributed by atoms with Crippen molar-refractivity contribution in [2.24, 2.45) is 46.8 Å². The van der Waals surface area contributed by atoms with E-state index in [1.54, 1.807) is 20.8 Å². The number of nitrogens with two attached hydrogens (primary N) is 3. The molecule has 21 nitrogen and oxygen atoms in total. The number of aliphatic hydroxyl groups is 3. The summed E-state index contributed by atoms with van der Waals surface area (Å²) < 4.78 is 15.2. The second kappa shape index (κ2) is 36.8. The van der Waals surface area contributed by atoms with Gasteiger partial charge >= 0.3 is 47.6 Å². The minimum atomic E-state index is -0.760. The van der Waals surface area contributed by atoms with Gasteiger partial charge in [0.2, 0.25) is 17.7 Å². The number of aliphatic carboxylic acids is 1. The molecule has 1 unspecified atom stereocenters. The molecule has 392 valence electrons. The topological polar surface area (TPSA) is 395 Å². The SMILES string of the molecule is C1CCOC1.CC(C)(C)OC(=O)N[C@@H]1CC[C@@H](C(N)=O)C[C@H]1O.N.NC(=O)[C@@H]1CC[C@@H](Br)[C@H](O)C1.NC(=O)[C@@H]1CC[C@H](Br)[C@H](O)C1.O=C(O)C1CC=CCC1.O=C1O[C@@H]2C[C@H]1CC[C@@H]2Br.[N-]=[N+]=[N-].[Na+]. The zero-order chi connectivity index (χ0) is 50.9. The number of primary amides is 3. The first-order chi connectivity index (χ1) is 31.4. The van der Waals surface area contributed by atoms with E-state index < -0.39 is 41.9 Å². The molecular formula is C44H76Br3N8NaO13. The van der Waals surface area contributed by atoms with Gasteiger partial charge in [0, 0.05) is 40.6 Å². The molecule has 0 aromatic carbocycles. The quantitative estimate of drug-likeness (QED) is 0.0364. The van der Waals surface area contributed by atoms with Gasteiger partial charge in [-0.15, -0.1) is 0 Å².